The molecule has 3 rings (SSSR count). The van der Waals surface area contributed by atoms with Crippen LogP contribution in [0.3, 0.4) is 0 Å². The SMILES string of the molecule is CCn1c(SCc2cccc(Br)c2)nnc1C(C)Oc1ccc(C)cc1. The molecule has 0 fully saturated rings. The summed E-state index contributed by atoms with van der Waals surface area (Å²) in [5.41, 5.74) is 2.47. The fourth-order valence-corrected chi connectivity index (χ4v) is 4.05. The Bertz CT molecular complexity index is 864. The molecule has 6 heteroatoms. The van der Waals surface area contributed by atoms with E-state index in [1.54, 1.807) is 11.8 Å². The monoisotopic (exact) mass is 431 g/mol. The van der Waals surface area contributed by atoms with Crippen LogP contribution < -0.4 is 4.74 Å². The van der Waals surface area contributed by atoms with Crippen LogP contribution in [0.4, 0.5) is 0 Å². The normalized spacial score (nSPS) is 12.2. The number of hydrogen-bond donors (Lipinski definition) is 0. The van der Waals surface area contributed by atoms with Gasteiger partial charge < -0.3 is 9.30 Å². The van der Waals surface area contributed by atoms with E-state index in [-0.39, 0.29) is 6.10 Å². The summed E-state index contributed by atoms with van der Waals surface area (Å²) >= 11 is 5.21. The summed E-state index contributed by atoms with van der Waals surface area (Å²) in [7, 11) is 0. The first-order valence-corrected chi connectivity index (χ1v) is 10.4. The van der Waals surface area contributed by atoms with Gasteiger partial charge in [0.15, 0.2) is 17.1 Å². The number of benzene rings is 2. The first kappa shape index (κ1) is 19.0. The lowest BCUT2D eigenvalue weighted by Crippen LogP contribution is -2.12. The smallest absolute Gasteiger partial charge is 0.191 e. The molecule has 0 radical (unpaired) electrons. The van der Waals surface area contributed by atoms with Gasteiger partial charge in [0.05, 0.1) is 0 Å². The molecular formula is C20H22BrN3OS. The Labute approximate surface area is 167 Å². The lowest BCUT2D eigenvalue weighted by molar-refractivity contribution is 0.210. The molecule has 0 N–H and O–H groups in total. The standard InChI is InChI=1S/C20H22BrN3OS/c1-4-24-19(15(3)25-18-10-8-14(2)9-11-18)22-23-20(24)26-13-16-6-5-7-17(21)12-16/h5-12,15H,4,13H2,1-3H3. The topological polar surface area (TPSA) is 39.9 Å². The van der Waals surface area contributed by atoms with Crippen LogP contribution in [-0.2, 0) is 12.3 Å². The Balaban J connectivity index is 1.71. The Morgan fingerprint density at radius 2 is 1.92 bits per heavy atom. The van der Waals surface area contributed by atoms with Crippen LogP contribution >= 0.6 is 27.7 Å². The summed E-state index contributed by atoms with van der Waals surface area (Å²) in [6, 6.07) is 16.4. The third kappa shape index (κ3) is 4.68. The highest BCUT2D eigenvalue weighted by Gasteiger charge is 2.18. The van der Waals surface area contributed by atoms with Gasteiger partial charge in [0.25, 0.3) is 0 Å². The molecule has 1 atom stereocenters. The van der Waals surface area contributed by atoms with E-state index in [0.717, 1.165) is 33.5 Å². The number of aromatic nitrogens is 3. The zero-order valence-corrected chi connectivity index (χ0v) is 17.5. The maximum atomic E-state index is 6.05. The number of halogens is 1. The Morgan fingerprint density at radius 3 is 2.62 bits per heavy atom. The first-order valence-electron chi connectivity index (χ1n) is 8.60. The zero-order valence-electron chi connectivity index (χ0n) is 15.1. The van der Waals surface area contributed by atoms with Crippen LogP contribution in [0, 0.1) is 6.92 Å². The Kier molecular flexibility index (Phi) is 6.38. The van der Waals surface area contributed by atoms with E-state index in [0.29, 0.717) is 0 Å². The summed E-state index contributed by atoms with van der Waals surface area (Å²) < 4.78 is 9.27. The summed E-state index contributed by atoms with van der Waals surface area (Å²) in [4.78, 5) is 0. The van der Waals surface area contributed by atoms with Gasteiger partial charge >= 0.3 is 0 Å². The first-order chi connectivity index (χ1) is 12.6. The minimum absolute atomic E-state index is 0.162. The van der Waals surface area contributed by atoms with Gasteiger partial charge in [-0.3, -0.25) is 0 Å². The van der Waals surface area contributed by atoms with Crippen molar-refractivity contribution in [2.75, 3.05) is 0 Å². The molecule has 3 aromatic rings. The van der Waals surface area contributed by atoms with Crippen molar-refractivity contribution in [3.63, 3.8) is 0 Å². The van der Waals surface area contributed by atoms with Crippen molar-refractivity contribution < 1.29 is 4.74 Å². The van der Waals surface area contributed by atoms with E-state index >= 15 is 0 Å². The van der Waals surface area contributed by atoms with Crippen molar-refractivity contribution in [3.8, 4) is 5.75 Å². The number of thioether (sulfide) groups is 1. The molecule has 2 aromatic carbocycles. The number of ether oxygens (including phenoxy) is 1. The fraction of sp³-hybridized carbons (Fsp3) is 0.300. The zero-order chi connectivity index (χ0) is 18.5. The average molecular weight is 432 g/mol. The van der Waals surface area contributed by atoms with Gasteiger partial charge in [-0.15, -0.1) is 10.2 Å². The maximum Gasteiger partial charge on any atom is 0.191 e. The molecule has 0 saturated carbocycles. The molecule has 1 unspecified atom stereocenters. The molecule has 136 valence electrons. The summed E-state index contributed by atoms with van der Waals surface area (Å²) in [5.74, 6) is 2.55. The van der Waals surface area contributed by atoms with E-state index in [9.17, 15) is 0 Å². The van der Waals surface area contributed by atoms with E-state index in [1.165, 1.54) is 11.1 Å². The second-order valence-electron chi connectivity index (χ2n) is 6.08. The lowest BCUT2D eigenvalue weighted by atomic mass is 10.2. The van der Waals surface area contributed by atoms with Crippen molar-refractivity contribution in [1.82, 2.24) is 14.8 Å². The predicted octanol–water partition coefficient (Wildman–Crippen LogP) is 5.80. The number of aryl methyl sites for hydroxylation is 1. The quantitative estimate of drug-likeness (QED) is 0.443. The second-order valence-corrected chi connectivity index (χ2v) is 7.93. The van der Waals surface area contributed by atoms with Gasteiger partial charge in [-0.2, -0.15) is 0 Å². The highest BCUT2D eigenvalue weighted by molar-refractivity contribution is 9.10. The molecule has 0 aliphatic heterocycles. The van der Waals surface area contributed by atoms with Gasteiger partial charge in [0, 0.05) is 16.8 Å². The van der Waals surface area contributed by atoms with Gasteiger partial charge in [-0.1, -0.05) is 57.5 Å². The van der Waals surface area contributed by atoms with Crippen LogP contribution in [0.2, 0.25) is 0 Å². The van der Waals surface area contributed by atoms with Crippen molar-refractivity contribution >= 4 is 27.7 Å². The molecule has 4 nitrogen and oxygen atoms in total. The largest absolute Gasteiger partial charge is 0.483 e. The van der Waals surface area contributed by atoms with Crippen LogP contribution in [-0.4, -0.2) is 14.8 Å². The molecule has 1 aromatic heterocycles. The molecule has 0 saturated heterocycles. The predicted molar refractivity (Wildman–Crippen MR) is 110 cm³/mol. The highest BCUT2D eigenvalue weighted by atomic mass is 79.9. The van der Waals surface area contributed by atoms with Crippen LogP contribution in [0.5, 0.6) is 5.75 Å². The molecule has 0 amide bonds. The van der Waals surface area contributed by atoms with E-state index in [2.05, 4.69) is 56.7 Å². The third-order valence-corrected chi connectivity index (χ3v) is 5.55. The number of rotatable bonds is 7. The van der Waals surface area contributed by atoms with Gasteiger partial charge in [-0.25, -0.2) is 0 Å². The fourth-order valence-electron chi connectivity index (χ4n) is 2.65. The molecule has 0 bridgehead atoms. The van der Waals surface area contributed by atoms with Crippen molar-refractivity contribution in [3.05, 3.63) is 70.0 Å². The van der Waals surface area contributed by atoms with E-state index in [1.807, 2.05) is 43.3 Å². The van der Waals surface area contributed by atoms with E-state index < -0.39 is 0 Å². The molecule has 0 aliphatic carbocycles. The summed E-state index contributed by atoms with van der Waals surface area (Å²) in [6.45, 7) is 6.99. The van der Waals surface area contributed by atoms with Crippen molar-refractivity contribution in [2.45, 2.75) is 44.3 Å². The minimum atomic E-state index is -0.162. The molecule has 26 heavy (non-hydrogen) atoms. The highest BCUT2D eigenvalue weighted by Crippen LogP contribution is 2.27. The van der Waals surface area contributed by atoms with Gasteiger partial charge in [0.2, 0.25) is 0 Å². The number of hydrogen-bond acceptors (Lipinski definition) is 4. The molecule has 1 heterocycles. The van der Waals surface area contributed by atoms with E-state index in [4.69, 9.17) is 4.74 Å². The molecule has 0 aliphatic rings. The van der Waals surface area contributed by atoms with Gasteiger partial charge in [-0.05, 0) is 50.6 Å². The van der Waals surface area contributed by atoms with Gasteiger partial charge in [0.1, 0.15) is 5.75 Å². The van der Waals surface area contributed by atoms with Crippen LogP contribution in [0.15, 0.2) is 58.2 Å². The maximum absolute atomic E-state index is 6.05. The molecule has 0 spiro atoms. The second kappa shape index (κ2) is 8.73. The Morgan fingerprint density at radius 1 is 1.15 bits per heavy atom. The average Bonchev–Trinajstić information content (AvgIpc) is 3.05. The van der Waals surface area contributed by atoms with Crippen molar-refractivity contribution in [2.24, 2.45) is 0 Å². The minimum Gasteiger partial charge on any atom is -0.483 e. The number of nitrogens with zero attached hydrogens (tertiary/aromatic N) is 3. The van der Waals surface area contributed by atoms with Crippen LogP contribution in [0.25, 0.3) is 0 Å². The van der Waals surface area contributed by atoms with Crippen molar-refractivity contribution in [1.29, 1.82) is 0 Å². The summed E-state index contributed by atoms with van der Waals surface area (Å²) in [6.07, 6.45) is -0.162. The third-order valence-electron chi connectivity index (χ3n) is 4.02. The van der Waals surface area contributed by atoms with Crippen LogP contribution in [0.1, 0.15) is 36.9 Å². The lowest BCUT2D eigenvalue weighted by Gasteiger charge is -2.15. The Hall–Kier alpha value is -1.79. The molecular weight excluding hydrogens is 410 g/mol. The summed E-state index contributed by atoms with van der Waals surface area (Å²) in [5, 5.41) is 9.69.